The molecule has 21 heavy (non-hydrogen) atoms. The minimum Gasteiger partial charge on any atom is -0.280 e. The van der Waals surface area contributed by atoms with E-state index in [-0.39, 0.29) is 10.9 Å². The van der Waals surface area contributed by atoms with Gasteiger partial charge in [0.2, 0.25) is 0 Å². The summed E-state index contributed by atoms with van der Waals surface area (Å²) in [6, 6.07) is 4.55. The highest BCUT2D eigenvalue weighted by Crippen LogP contribution is 2.27. The zero-order valence-electron chi connectivity index (χ0n) is 11.6. The van der Waals surface area contributed by atoms with Crippen LogP contribution in [-0.2, 0) is 12.4 Å². The normalized spacial score (nSPS) is 11.5. The molecule has 110 valence electrons. The average molecular weight is 327 g/mol. The molecule has 0 atom stereocenters. The fourth-order valence-electron chi connectivity index (χ4n) is 2.42. The third-order valence-corrected chi connectivity index (χ3v) is 3.89. The number of imidazole rings is 1. The van der Waals surface area contributed by atoms with E-state index in [0.717, 1.165) is 16.9 Å². The van der Waals surface area contributed by atoms with Gasteiger partial charge in [-0.25, -0.2) is 14.1 Å². The summed E-state index contributed by atoms with van der Waals surface area (Å²) < 4.78 is 17.1. The summed E-state index contributed by atoms with van der Waals surface area (Å²) in [4.78, 5) is 4.54. The van der Waals surface area contributed by atoms with Crippen LogP contribution in [-0.4, -0.2) is 19.3 Å². The topological polar surface area (TPSA) is 35.6 Å². The molecular weight excluding hydrogens is 314 g/mol. The highest BCUT2D eigenvalue weighted by Gasteiger charge is 2.19. The quantitative estimate of drug-likeness (QED) is 0.680. The molecule has 3 rings (SSSR count). The summed E-state index contributed by atoms with van der Waals surface area (Å²) in [5, 5.41) is 4.52. The van der Waals surface area contributed by atoms with Gasteiger partial charge in [0.25, 0.3) is 0 Å². The van der Waals surface area contributed by atoms with Gasteiger partial charge in [-0.1, -0.05) is 11.6 Å². The first-order valence-electron chi connectivity index (χ1n) is 6.53. The van der Waals surface area contributed by atoms with Crippen LogP contribution < -0.4 is 0 Å². The van der Waals surface area contributed by atoms with Crippen LogP contribution in [0.4, 0.5) is 4.39 Å². The first kappa shape index (κ1) is 14.4. The number of rotatable bonds is 3. The molecule has 0 aliphatic carbocycles. The Morgan fingerprint density at radius 3 is 2.71 bits per heavy atom. The Hall–Kier alpha value is -1.59. The molecule has 0 amide bonds. The lowest BCUT2D eigenvalue weighted by Crippen LogP contribution is -2.06. The lowest BCUT2D eigenvalue weighted by atomic mass is 10.3. The molecule has 0 N–H and O–H groups in total. The number of aromatic nitrogens is 4. The summed E-state index contributed by atoms with van der Waals surface area (Å²) in [5.74, 6) is 0.466. The molecule has 0 bridgehead atoms. The molecule has 0 saturated heterocycles. The molecule has 1 aromatic carbocycles. The maximum atomic E-state index is 13.4. The van der Waals surface area contributed by atoms with Gasteiger partial charge in [-0.2, -0.15) is 5.10 Å². The molecule has 0 unspecified atom stereocenters. The second-order valence-corrected chi connectivity index (χ2v) is 5.34. The molecule has 3 aromatic rings. The highest BCUT2D eigenvalue weighted by molar-refractivity contribution is 6.30. The van der Waals surface area contributed by atoms with Gasteiger partial charge in [0.05, 0.1) is 22.3 Å². The van der Waals surface area contributed by atoms with E-state index >= 15 is 0 Å². The molecular formula is C14H13Cl2FN4. The van der Waals surface area contributed by atoms with Crippen LogP contribution in [0.25, 0.3) is 16.9 Å². The third kappa shape index (κ3) is 2.21. The third-order valence-electron chi connectivity index (χ3n) is 3.36. The van der Waals surface area contributed by atoms with Gasteiger partial charge in [0.1, 0.15) is 17.2 Å². The Labute approximate surface area is 131 Å². The first-order valence-corrected chi connectivity index (χ1v) is 7.44. The van der Waals surface area contributed by atoms with E-state index < -0.39 is 5.82 Å². The second kappa shape index (κ2) is 5.31. The van der Waals surface area contributed by atoms with Crippen molar-refractivity contribution in [3.8, 4) is 5.69 Å². The van der Waals surface area contributed by atoms with Crippen LogP contribution in [0, 0.1) is 12.7 Å². The van der Waals surface area contributed by atoms with Crippen LogP contribution in [0.2, 0.25) is 5.02 Å². The molecule has 4 nitrogen and oxygen atoms in total. The van der Waals surface area contributed by atoms with Crippen molar-refractivity contribution in [1.82, 2.24) is 19.3 Å². The second-order valence-electron chi connectivity index (χ2n) is 4.67. The van der Waals surface area contributed by atoms with E-state index in [1.807, 2.05) is 23.1 Å². The number of hydrogen-bond acceptors (Lipinski definition) is 2. The molecule has 0 radical (unpaired) electrons. The Bertz CT molecular complexity index is 822. The van der Waals surface area contributed by atoms with Crippen LogP contribution in [0.5, 0.6) is 0 Å². The Morgan fingerprint density at radius 2 is 2.10 bits per heavy atom. The van der Waals surface area contributed by atoms with Gasteiger partial charge in [-0.3, -0.25) is 4.57 Å². The van der Waals surface area contributed by atoms with Crippen molar-refractivity contribution >= 4 is 34.4 Å². The lowest BCUT2D eigenvalue weighted by molar-refractivity contribution is 0.627. The molecule has 0 fully saturated rings. The fraction of sp³-hybridized carbons (Fsp3) is 0.286. The maximum Gasteiger partial charge on any atom is 0.163 e. The predicted octanol–water partition coefficient (Wildman–Crippen LogP) is 4.08. The van der Waals surface area contributed by atoms with Gasteiger partial charge >= 0.3 is 0 Å². The van der Waals surface area contributed by atoms with Crippen molar-refractivity contribution in [2.75, 3.05) is 0 Å². The van der Waals surface area contributed by atoms with Crippen LogP contribution in [0.15, 0.2) is 18.2 Å². The van der Waals surface area contributed by atoms with E-state index in [1.165, 1.54) is 6.07 Å². The maximum absolute atomic E-state index is 13.4. The van der Waals surface area contributed by atoms with E-state index in [2.05, 4.69) is 10.1 Å². The number of hydrogen-bond donors (Lipinski definition) is 0. The molecule has 2 heterocycles. The summed E-state index contributed by atoms with van der Waals surface area (Å²) in [6.07, 6.45) is 0. The summed E-state index contributed by atoms with van der Waals surface area (Å²) in [5.41, 5.74) is 3.19. The van der Waals surface area contributed by atoms with Gasteiger partial charge in [0, 0.05) is 6.54 Å². The number of aryl methyl sites for hydroxylation is 2. The van der Waals surface area contributed by atoms with Crippen molar-refractivity contribution < 1.29 is 4.39 Å². The van der Waals surface area contributed by atoms with Gasteiger partial charge in [-0.05, 0) is 32.0 Å². The van der Waals surface area contributed by atoms with Crippen molar-refractivity contribution in [2.24, 2.45) is 0 Å². The van der Waals surface area contributed by atoms with Crippen LogP contribution in [0.3, 0.4) is 0 Å². The SMILES string of the molecule is CCn1nc(C)c2nc(CCl)n(-c3ccc(F)c(Cl)c3)c21. The minimum atomic E-state index is -0.454. The molecule has 0 aliphatic rings. The van der Waals surface area contributed by atoms with Gasteiger partial charge in [0.15, 0.2) is 5.65 Å². The molecule has 7 heteroatoms. The van der Waals surface area contributed by atoms with Crippen molar-refractivity contribution in [3.05, 3.63) is 40.6 Å². The first-order chi connectivity index (χ1) is 10.1. The minimum absolute atomic E-state index is 0.0640. The lowest BCUT2D eigenvalue weighted by Gasteiger charge is -2.10. The summed E-state index contributed by atoms with van der Waals surface area (Å²) in [6.45, 7) is 4.61. The zero-order valence-corrected chi connectivity index (χ0v) is 13.1. The monoisotopic (exact) mass is 326 g/mol. The number of nitrogens with zero attached hydrogens (tertiary/aromatic N) is 4. The molecule has 0 spiro atoms. The van der Waals surface area contributed by atoms with Crippen molar-refractivity contribution in [2.45, 2.75) is 26.3 Å². The highest BCUT2D eigenvalue weighted by atomic mass is 35.5. The van der Waals surface area contributed by atoms with Crippen molar-refractivity contribution in [1.29, 1.82) is 0 Å². The van der Waals surface area contributed by atoms with Crippen LogP contribution >= 0.6 is 23.2 Å². The van der Waals surface area contributed by atoms with E-state index in [1.54, 1.807) is 12.1 Å². The molecule has 0 aliphatic heterocycles. The summed E-state index contributed by atoms with van der Waals surface area (Å²) in [7, 11) is 0. The Morgan fingerprint density at radius 1 is 1.33 bits per heavy atom. The van der Waals surface area contributed by atoms with Crippen LogP contribution in [0.1, 0.15) is 18.4 Å². The number of halogens is 3. The van der Waals surface area contributed by atoms with Crippen molar-refractivity contribution in [3.63, 3.8) is 0 Å². The van der Waals surface area contributed by atoms with E-state index in [9.17, 15) is 4.39 Å². The zero-order chi connectivity index (χ0) is 15.1. The Balaban J connectivity index is 2.36. The van der Waals surface area contributed by atoms with Gasteiger partial charge in [-0.15, -0.1) is 11.6 Å². The van der Waals surface area contributed by atoms with E-state index in [4.69, 9.17) is 23.2 Å². The summed E-state index contributed by atoms with van der Waals surface area (Å²) >= 11 is 11.9. The largest absolute Gasteiger partial charge is 0.280 e. The number of benzene rings is 1. The smallest absolute Gasteiger partial charge is 0.163 e. The number of fused-ring (bicyclic) bond motifs is 1. The Kier molecular flexibility index (Phi) is 3.63. The fourth-order valence-corrected chi connectivity index (χ4v) is 2.77. The van der Waals surface area contributed by atoms with E-state index in [0.29, 0.717) is 18.1 Å². The predicted molar refractivity (Wildman–Crippen MR) is 81.8 cm³/mol. The van der Waals surface area contributed by atoms with Gasteiger partial charge < -0.3 is 0 Å². The average Bonchev–Trinajstić information content (AvgIpc) is 2.99. The standard InChI is InChI=1S/C14H13Cl2FN4/c1-3-20-14-13(8(2)19-20)18-12(7-15)21(14)9-4-5-11(17)10(16)6-9/h4-6H,3,7H2,1-2H3. The molecule has 2 aromatic heterocycles. The molecule has 0 saturated carbocycles. The number of alkyl halides is 1.